The van der Waals surface area contributed by atoms with Crippen molar-refractivity contribution in [1.82, 2.24) is 15.5 Å². The molecule has 1 heterocycles. The fraction of sp³-hybridized carbons (Fsp3) is 0.889. The largest absolute Gasteiger partial charge is 0.359 e. The quantitative estimate of drug-likeness (QED) is 0.385. The van der Waals surface area contributed by atoms with E-state index in [0.717, 1.165) is 44.4 Å². The van der Waals surface area contributed by atoms with E-state index < -0.39 is 0 Å². The van der Waals surface area contributed by atoms with Crippen LogP contribution in [0.1, 0.15) is 57.8 Å². The molecule has 1 aliphatic heterocycles. The molecular weight excluding hydrogens is 415 g/mol. The number of piperidine rings is 1. The molecule has 1 saturated carbocycles. The molecule has 0 aromatic carbocycles. The number of nitrogens with zero attached hydrogens (tertiary/aromatic N) is 2. The van der Waals surface area contributed by atoms with Crippen LogP contribution in [-0.2, 0) is 4.79 Å². The maximum atomic E-state index is 11.5. The SMILES string of the molecule is CN=C(NCCC1CCCCC1)N1CCC(CC(=O)NC)CC1.I. The van der Waals surface area contributed by atoms with Crippen molar-refractivity contribution in [2.24, 2.45) is 16.8 Å². The minimum atomic E-state index is 0. The van der Waals surface area contributed by atoms with E-state index in [1.807, 2.05) is 7.05 Å². The first kappa shape index (κ1) is 21.5. The fourth-order valence-electron chi connectivity index (χ4n) is 3.91. The fourth-order valence-corrected chi connectivity index (χ4v) is 3.91. The normalized spacial score (nSPS) is 20.4. The molecule has 0 unspecified atom stereocenters. The van der Waals surface area contributed by atoms with Gasteiger partial charge in [-0.15, -0.1) is 24.0 Å². The van der Waals surface area contributed by atoms with Gasteiger partial charge in [-0.25, -0.2) is 0 Å². The number of halogens is 1. The third-order valence-electron chi connectivity index (χ3n) is 5.44. The van der Waals surface area contributed by atoms with Crippen LogP contribution in [0.25, 0.3) is 0 Å². The molecule has 0 aromatic rings. The minimum absolute atomic E-state index is 0. The van der Waals surface area contributed by atoms with Crippen LogP contribution in [-0.4, -0.2) is 50.5 Å². The van der Waals surface area contributed by atoms with Crippen LogP contribution < -0.4 is 10.6 Å². The van der Waals surface area contributed by atoms with Crippen molar-refractivity contribution in [3.8, 4) is 0 Å². The first-order chi connectivity index (χ1) is 11.2. The Morgan fingerprint density at radius 1 is 1.08 bits per heavy atom. The number of nitrogens with one attached hydrogen (secondary N) is 2. The van der Waals surface area contributed by atoms with Crippen molar-refractivity contribution < 1.29 is 4.79 Å². The van der Waals surface area contributed by atoms with Crippen molar-refractivity contribution >= 4 is 35.8 Å². The average molecular weight is 450 g/mol. The van der Waals surface area contributed by atoms with Gasteiger partial charge in [0.2, 0.25) is 5.91 Å². The van der Waals surface area contributed by atoms with Crippen LogP contribution in [0.2, 0.25) is 0 Å². The van der Waals surface area contributed by atoms with Gasteiger partial charge < -0.3 is 15.5 Å². The van der Waals surface area contributed by atoms with Gasteiger partial charge in [0, 0.05) is 40.2 Å². The molecule has 2 N–H and O–H groups in total. The Bertz CT molecular complexity index is 388. The van der Waals surface area contributed by atoms with E-state index in [4.69, 9.17) is 0 Å². The Morgan fingerprint density at radius 3 is 2.33 bits per heavy atom. The van der Waals surface area contributed by atoms with E-state index in [1.165, 1.54) is 38.5 Å². The lowest BCUT2D eigenvalue weighted by atomic mass is 9.87. The average Bonchev–Trinajstić information content (AvgIpc) is 2.60. The highest BCUT2D eigenvalue weighted by molar-refractivity contribution is 14.0. The summed E-state index contributed by atoms with van der Waals surface area (Å²) in [7, 11) is 3.59. The molecule has 140 valence electrons. The van der Waals surface area contributed by atoms with Gasteiger partial charge in [0.25, 0.3) is 0 Å². The van der Waals surface area contributed by atoms with E-state index in [0.29, 0.717) is 12.3 Å². The van der Waals surface area contributed by atoms with Gasteiger partial charge in [-0.1, -0.05) is 32.1 Å². The highest BCUT2D eigenvalue weighted by Crippen LogP contribution is 2.26. The zero-order valence-electron chi connectivity index (χ0n) is 15.4. The zero-order chi connectivity index (χ0) is 16.5. The lowest BCUT2D eigenvalue weighted by Gasteiger charge is -2.34. The first-order valence-corrected chi connectivity index (χ1v) is 9.39. The number of amides is 1. The Kier molecular flexibility index (Phi) is 10.7. The number of hydrogen-bond donors (Lipinski definition) is 2. The smallest absolute Gasteiger partial charge is 0.220 e. The molecule has 24 heavy (non-hydrogen) atoms. The van der Waals surface area contributed by atoms with Crippen LogP contribution >= 0.6 is 24.0 Å². The lowest BCUT2D eigenvalue weighted by Crippen LogP contribution is -2.46. The van der Waals surface area contributed by atoms with Crippen LogP contribution in [0.3, 0.4) is 0 Å². The monoisotopic (exact) mass is 450 g/mol. The predicted octanol–water partition coefficient (Wildman–Crippen LogP) is 3.00. The number of carbonyl (C=O) groups excluding carboxylic acids is 1. The number of likely N-dealkylation sites (tertiary alicyclic amines) is 1. The van der Waals surface area contributed by atoms with Crippen molar-refractivity contribution in [3.63, 3.8) is 0 Å². The molecule has 0 radical (unpaired) electrons. The van der Waals surface area contributed by atoms with Crippen molar-refractivity contribution in [3.05, 3.63) is 0 Å². The first-order valence-electron chi connectivity index (χ1n) is 9.39. The molecule has 2 aliphatic rings. The molecule has 2 fully saturated rings. The molecule has 2 rings (SSSR count). The molecule has 1 aliphatic carbocycles. The standard InChI is InChI=1S/C18H34N4O.HI/c1-19-17(23)14-16-9-12-22(13-10-16)18(20-2)21-11-8-15-6-4-3-5-7-15;/h15-16H,3-14H2,1-2H3,(H,19,23)(H,20,21);1H. The number of rotatable bonds is 5. The van der Waals surface area contributed by atoms with E-state index in [9.17, 15) is 4.79 Å². The van der Waals surface area contributed by atoms with Crippen molar-refractivity contribution in [2.45, 2.75) is 57.8 Å². The predicted molar refractivity (Wildman–Crippen MR) is 111 cm³/mol. The molecule has 0 atom stereocenters. The summed E-state index contributed by atoms with van der Waals surface area (Å²) in [4.78, 5) is 18.3. The summed E-state index contributed by atoms with van der Waals surface area (Å²) in [6, 6.07) is 0. The van der Waals surface area contributed by atoms with Gasteiger partial charge in [-0.2, -0.15) is 0 Å². The van der Waals surface area contributed by atoms with Gasteiger partial charge in [-0.05, 0) is 31.1 Å². The molecule has 0 aromatic heterocycles. The molecular formula is C18H35IN4O. The summed E-state index contributed by atoms with van der Waals surface area (Å²) in [5, 5.41) is 6.28. The molecule has 1 amide bonds. The summed E-state index contributed by atoms with van der Waals surface area (Å²) in [5.74, 6) is 2.64. The van der Waals surface area contributed by atoms with E-state index in [2.05, 4.69) is 20.5 Å². The number of aliphatic imine (C=N–C) groups is 1. The Hall–Kier alpha value is -0.530. The van der Waals surface area contributed by atoms with E-state index >= 15 is 0 Å². The second-order valence-electron chi connectivity index (χ2n) is 7.07. The number of carbonyl (C=O) groups is 1. The van der Waals surface area contributed by atoms with Gasteiger partial charge >= 0.3 is 0 Å². The zero-order valence-corrected chi connectivity index (χ0v) is 17.7. The maximum Gasteiger partial charge on any atom is 0.220 e. The number of guanidine groups is 1. The lowest BCUT2D eigenvalue weighted by molar-refractivity contribution is -0.121. The molecule has 5 nitrogen and oxygen atoms in total. The molecule has 6 heteroatoms. The summed E-state index contributed by atoms with van der Waals surface area (Å²) in [6.45, 7) is 3.05. The Morgan fingerprint density at radius 2 is 1.75 bits per heavy atom. The molecule has 0 spiro atoms. The van der Waals surface area contributed by atoms with Gasteiger partial charge in [-0.3, -0.25) is 9.79 Å². The minimum Gasteiger partial charge on any atom is -0.359 e. The highest BCUT2D eigenvalue weighted by atomic mass is 127. The number of hydrogen-bond acceptors (Lipinski definition) is 2. The van der Waals surface area contributed by atoms with Crippen LogP contribution in [0.4, 0.5) is 0 Å². The van der Waals surface area contributed by atoms with E-state index in [-0.39, 0.29) is 29.9 Å². The third-order valence-corrected chi connectivity index (χ3v) is 5.44. The van der Waals surface area contributed by atoms with Crippen LogP contribution in [0.5, 0.6) is 0 Å². The second-order valence-corrected chi connectivity index (χ2v) is 7.07. The topological polar surface area (TPSA) is 56.7 Å². The van der Waals surface area contributed by atoms with Crippen molar-refractivity contribution in [1.29, 1.82) is 0 Å². The van der Waals surface area contributed by atoms with Gasteiger partial charge in [0.05, 0.1) is 0 Å². The molecule has 0 bridgehead atoms. The van der Waals surface area contributed by atoms with Crippen molar-refractivity contribution in [2.75, 3.05) is 33.7 Å². The van der Waals surface area contributed by atoms with Gasteiger partial charge in [0.15, 0.2) is 5.96 Å². The van der Waals surface area contributed by atoms with Crippen LogP contribution in [0, 0.1) is 11.8 Å². The highest BCUT2D eigenvalue weighted by Gasteiger charge is 2.23. The summed E-state index contributed by atoms with van der Waals surface area (Å²) < 4.78 is 0. The summed E-state index contributed by atoms with van der Waals surface area (Å²) in [6.07, 6.45) is 11.2. The summed E-state index contributed by atoms with van der Waals surface area (Å²) >= 11 is 0. The summed E-state index contributed by atoms with van der Waals surface area (Å²) in [5.41, 5.74) is 0. The maximum absolute atomic E-state index is 11.5. The second kappa shape index (κ2) is 11.9. The Labute approximate surface area is 164 Å². The third kappa shape index (κ3) is 7.15. The Balaban J connectivity index is 0.00000288. The van der Waals surface area contributed by atoms with E-state index in [1.54, 1.807) is 7.05 Å². The van der Waals surface area contributed by atoms with Crippen LogP contribution in [0.15, 0.2) is 4.99 Å². The van der Waals surface area contributed by atoms with Gasteiger partial charge in [0.1, 0.15) is 0 Å². The molecule has 1 saturated heterocycles.